The van der Waals surface area contributed by atoms with Crippen LogP contribution in [0.2, 0.25) is 0 Å². The number of nitrogens with one attached hydrogen (secondary N) is 2. The first-order valence-corrected chi connectivity index (χ1v) is 16.5. The summed E-state index contributed by atoms with van der Waals surface area (Å²) in [6.45, 7) is 9.52. The SMILES string of the molecule is Cc1cccc(Nc2nccc(-c3ccc(N(Nc4cccc(C)c4-c4nccc(-c5ccc(N)s5)n4)C(=O)OC(C)(C)C)s3)n2)c1. The highest BCUT2D eigenvalue weighted by Crippen LogP contribution is 2.37. The second-order valence-corrected chi connectivity index (χ2v) is 14.0. The van der Waals surface area contributed by atoms with Gasteiger partial charge >= 0.3 is 6.09 Å². The van der Waals surface area contributed by atoms with Gasteiger partial charge in [0.2, 0.25) is 5.95 Å². The second kappa shape index (κ2) is 13.2. The van der Waals surface area contributed by atoms with Crippen LogP contribution >= 0.6 is 22.7 Å². The zero-order chi connectivity index (χ0) is 33.1. The topological polar surface area (TPSA) is 131 Å². The summed E-state index contributed by atoms with van der Waals surface area (Å²) in [7, 11) is 0. The van der Waals surface area contributed by atoms with Crippen LogP contribution in [0.5, 0.6) is 0 Å². The predicted molar refractivity (Wildman–Crippen MR) is 192 cm³/mol. The fourth-order valence-corrected chi connectivity index (χ4v) is 6.45. The molecule has 4 aromatic heterocycles. The van der Waals surface area contributed by atoms with Gasteiger partial charge in [0.25, 0.3) is 0 Å². The van der Waals surface area contributed by atoms with E-state index in [9.17, 15) is 4.79 Å². The van der Waals surface area contributed by atoms with E-state index in [0.717, 1.165) is 37.8 Å². The summed E-state index contributed by atoms with van der Waals surface area (Å²) < 4.78 is 5.85. The molecule has 12 heteroatoms. The van der Waals surface area contributed by atoms with E-state index < -0.39 is 11.7 Å². The normalized spacial score (nSPS) is 11.3. The van der Waals surface area contributed by atoms with Gasteiger partial charge in [-0.2, -0.15) is 5.01 Å². The fourth-order valence-electron chi connectivity index (χ4n) is 4.78. The highest BCUT2D eigenvalue weighted by molar-refractivity contribution is 7.19. The van der Waals surface area contributed by atoms with Crippen LogP contribution in [-0.2, 0) is 4.74 Å². The molecule has 0 bridgehead atoms. The largest absolute Gasteiger partial charge is 0.442 e. The molecule has 4 heterocycles. The molecule has 0 saturated carbocycles. The Morgan fingerprint density at radius 2 is 1.57 bits per heavy atom. The van der Waals surface area contributed by atoms with Crippen molar-refractivity contribution in [1.82, 2.24) is 19.9 Å². The quantitative estimate of drug-likeness (QED) is 0.137. The Hall–Kier alpha value is -5.33. The molecule has 0 radical (unpaired) electrons. The number of carbonyl (C=O) groups excluding carboxylic acids is 1. The number of aryl methyl sites for hydroxylation is 2. The molecule has 0 fully saturated rings. The van der Waals surface area contributed by atoms with Gasteiger partial charge in [-0.1, -0.05) is 24.3 Å². The Morgan fingerprint density at radius 3 is 2.32 bits per heavy atom. The van der Waals surface area contributed by atoms with Gasteiger partial charge in [0.05, 0.1) is 31.8 Å². The monoisotopic (exact) mass is 662 g/mol. The van der Waals surface area contributed by atoms with E-state index in [1.165, 1.54) is 27.7 Å². The van der Waals surface area contributed by atoms with Crippen LogP contribution in [0.1, 0.15) is 31.9 Å². The van der Waals surface area contributed by atoms with Crippen molar-refractivity contribution in [2.45, 2.75) is 40.2 Å². The predicted octanol–water partition coefficient (Wildman–Crippen LogP) is 9.10. The first kappa shape index (κ1) is 31.6. The molecule has 238 valence electrons. The van der Waals surface area contributed by atoms with Crippen molar-refractivity contribution in [3.63, 3.8) is 0 Å². The summed E-state index contributed by atoms with van der Waals surface area (Å²) in [5.41, 5.74) is 14.4. The Bertz CT molecular complexity index is 2050. The van der Waals surface area contributed by atoms with Crippen LogP contribution in [0.3, 0.4) is 0 Å². The highest BCUT2D eigenvalue weighted by Gasteiger charge is 2.27. The number of aromatic nitrogens is 4. The first-order chi connectivity index (χ1) is 22.5. The van der Waals surface area contributed by atoms with E-state index in [1.807, 2.05) is 113 Å². The average molecular weight is 663 g/mol. The number of nitrogens with two attached hydrogens (primary N) is 1. The van der Waals surface area contributed by atoms with Gasteiger partial charge in [-0.05, 0) is 100 Å². The van der Waals surface area contributed by atoms with Crippen molar-refractivity contribution in [2.24, 2.45) is 0 Å². The number of ether oxygens (including phenoxy) is 1. The average Bonchev–Trinajstić information content (AvgIpc) is 3.69. The number of anilines is 5. The molecule has 1 amide bonds. The summed E-state index contributed by atoms with van der Waals surface area (Å²) in [5, 5.41) is 6.00. The Kier molecular flexibility index (Phi) is 8.88. The molecule has 6 rings (SSSR count). The maximum Gasteiger partial charge on any atom is 0.434 e. The summed E-state index contributed by atoms with van der Waals surface area (Å²) >= 11 is 2.86. The number of hydrogen-bond acceptors (Lipinski definition) is 11. The molecule has 0 saturated heterocycles. The van der Waals surface area contributed by atoms with Crippen molar-refractivity contribution in [1.29, 1.82) is 0 Å². The zero-order valence-corrected chi connectivity index (χ0v) is 28.2. The van der Waals surface area contributed by atoms with Crippen LogP contribution < -0.4 is 21.5 Å². The van der Waals surface area contributed by atoms with E-state index in [0.29, 0.717) is 33.2 Å². The van der Waals surface area contributed by atoms with Crippen LogP contribution in [0.25, 0.3) is 32.5 Å². The number of hydrogen-bond donors (Lipinski definition) is 3. The molecule has 0 spiro atoms. The highest BCUT2D eigenvalue weighted by atomic mass is 32.1. The number of nitrogen functional groups attached to an aromatic ring is 1. The molecule has 6 aromatic rings. The maximum absolute atomic E-state index is 13.7. The van der Waals surface area contributed by atoms with E-state index in [-0.39, 0.29) is 0 Å². The summed E-state index contributed by atoms with van der Waals surface area (Å²) in [4.78, 5) is 34.1. The molecule has 10 nitrogen and oxygen atoms in total. The van der Waals surface area contributed by atoms with Gasteiger partial charge < -0.3 is 15.8 Å². The molecule has 0 aliphatic heterocycles. The Balaban J connectivity index is 1.34. The molecule has 47 heavy (non-hydrogen) atoms. The number of carbonyl (C=O) groups is 1. The van der Waals surface area contributed by atoms with E-state index in [1.54, 1.807) is 12.4 Å². The second-order valence-electron chi connectivity index (χ2n) is 11.8. The van der Waals surface area contributed by atoms with Gasteiger partial charge in [-0.15, -0.1) is 22.7 Å². The van der Waals surface area contributed by atoms with Gasteiger partial charge in [0, 0.05) is 23.6 Å². The minimum absolute atomic E-state index is 0.474. The lowest BCUT2D eigenvalue weighted by Gasteiger charge is -2.28. The molecule has 0 atom stereocenters. The van der Waals surface area contributed by atoms with Gasteiger partial charge in [-0.25, -0.2) is 24.7 Å². The smallest absolute Gasteiger partial charge is 0.434 e. The van der Waals surface area contributed by atoms with Crippen LogP contribution in [0, 0.1) is 13.8 Å². The lowest BCUT2D eigenvalue weighted by Crippen LogP contribution is -2.40. The Morgan fingerprint density at radius 1 is 0.851 bits per heavy atom. The number of thiophene rings is 2. The number of hydrazine groups is 1. The fraction of sp³-hybridized carbons (Fsp3) is 0.171. The summed E-state index contributed by atoms with van der Waals surface area (Å²) in [5.74, 6) is 0.989. The van der Waals surface area contributed by atoms with Crippen LogP contribution in [0.4, 0.5) is 32.1 Å². The van der Waals surface area contributed by atoms with E-state index >= 15 is 0 Å². The summed E-state index contributed by atoms with van der Waals surface area (Å²) in [6, 6.07) is 25.1. The molecule has 0 unspecified atom stereocenters. The minimum atomic E-state index is -0.727. The molecular weight excluding hydrogens is 629 g/mol. The van der Waals surface area contributed by atoms with Crippen molar-refractivity contribution in [3.8, 4) is 32.5 Å². The third-order valence-corrected chi connectivity index (χ3v) is 8.86. The van der Waals surface area contributed by atoms with Crippen LogP contribution in [0.15, 0.2) is 91.3 Å². The van der Waals surface area contributed by atoms with Gasteiger partial charge in [0.15, 0.2) is 5.82 Å². The van der Waals surface area contributed by atoms with E-state index in [4.69, 9.17) is 20.4 Å². The van der Waals surface area contributed by atoms with Gasteiger partial charge in [0.1, 0.15) is 10.6 Å². The Labute approximate surface area is 281 Å². The third-order valence-electron chi connectivity index (χ3n) is 6.83. The molecule has 0 aliphatic rings. The maximum atomic E-state index is 13.7. The summed E-state index contributed by atoms with van der Waals surface area (Å²) in [6.07, 6.45) is 2.87. The number of amides is 1. The van der Waals surface area contributed by atoms with Crippen molar-refractivity contribution in [3.05, 3.63) is 102 Å². The van der Waals surface area contributed by atoms with Crippen molar-refractivity contribution >= 4 is 56.1 Å². The first-order valence-electron chi connectivity index (χ1n) is 14.9. The lowest BCUT2D eigenvalue weighted by atomic mass is 10.1. The van der Waals surface area contributed by atoms with Gasteiger partial charge in [-0.3, -0.25) is 5.43 Å². The zero-order valence-electron chi connectivity index (χ0n) is 26.6. The van der Waals surface area contributed by atoms with Crippen molar-refractivity contribution < 1.29 is 9.53 Å². The number of nitrogens with zero attached hydrogens (tertiary/aromatic N) is 5. The van der Waals surface area contributed by atoms with Crippen LogP contribution in [-0.4, -0.2) is 31.6 Å². The lowest BCUT2D eigenvalue weighted by molar-refractivity contribution is 0.0590. The standard InChI is InChI=1S/C35H34N8O2S2/c1-21-8-6-10-23(20-21)39-33-38-19-17-25(41-33)28-13-15-30(47-28)43(34(44)45-35(3,4)5)42-26-11-7-9-22(2)31(26)32-37-18-16-24(40-32)27-12-14-29(36)46-27/h6-20,42H,36H2,1-5H3,(H,38,39,41). The van der Waals surface area contributed by atoms with Crippen molar-refractivity contribution in [2.75, 3.05) is 21.5 Å². The molecule has 4 N–H and O–H groups in total. The third kappa shape index (κ3) is 7.56. The molecule has 0 aliphatic carbocycles. The minimum Gasteiger partial charge on any atom is -0.442 e. The number of benzene rings is 2. The molecular formula is C35H34N8O2S2. The molecule has 2 aromatic carbocycles. The van der Waals surface area contributed by atoms with E-state index in [2.05, 4.69) is 20.7 Å². The number of rotatable bonds is 8.